The molecular weight excluding hydrogens is 321 g/mol. The maximum atomic E-state index is 14.3. The first-order chi connectivity index (χ1) is 12.1. The molecule has 0 fully saturated rings. The molecule has 3 aromatic carbocycles. The predicted octanol–water partition coefficient (Wildman–Crippen LogP) is 6.39. The average molecular weight is 338 g/mol. The molecule has 0 radical (unpaired) electrons. The highest BCUT2D eigenvalue weighted by Crippen LogP contribution is 2.22. The van der Waals surface area contributed by atoms with Crippen molar-refractivity contribution in [3.63, 3.8) is 0 Å². The van der Waals surface area contributed by atoms with Crippen molar-refractivity contribution in [2.45, 2.75) is 12.6 Å². The van der Waals surface area contributed by atoms with Gasteiger partial charge >= 0.3 is 0 Å². The lowest BCUT2D eigenvalue weighted by Gasteiger charge is -2.08. The van der Waals surface area contributed by atoms with Crippen molar-refractivity contribution in [1.82, 2.24) is 0 Å². The highest BCUT2D eigenvalue weighted by molar-refractivity contribution is 5.69. The van der Waals surface area contributed by atoms with Crippen LogP contribution in [0.4, 0.5) is 13.2 Å². The molecule has 0 aliphatic heterocycles. The van der Waals surface area contributed by atoms with Gasteiger partial charge in [0, 0.05) is 6.42 Å². The van der Waals surface area contributed by atoms with E-state index in [1.54, 1.807) is 24.3 Å². The quantitative estimate of drug-likeness (QED) is 0.473. The number of hydrogen-bond donors (Lipinski definition) is 0. The Morgan fingerprint density at radius 3 is 2.04 bits per heavy atom. The Hall–Kier alpha value is -2.81. The normalized spacial score (nSPS) is 12.4. The lowest BCUT2D eigenvalue weighted by atomic mass is 10.0. The minimum absolute atomic E-state index is 0.317. The van der Waals surface area contributed by atoms with E-state index in [9.17, 15) is 13.2 Å². The van der Waals surface area contributed by atoms with E-state index in [0.29, 0.717) is 17.5 Å². The summed E-state index contributed by atoms with van der Waals surface area (Å²) in [4.78, 5) is 0. The fraction of sp³-hybridized carbons (Fsp3) is 0.0909. The Kier molecular flexibility index (Phi) is 5.34. The van der Waals surface area contributed by atoms with Gasteiger partial charge in [-0.2, -0.15) is 0 Å². The standard InChI is InChI=1S/C22H17F3/c23-20-13-12-18(15-22(20)25)11-8-16-6-9-17(10-7-16)14-21(24)19-4-2-1-3-5-19/h1-13,15,21H,14H2/t21-/m0/s1. The predicted molar refractivity (Wildman–Crippen MR) is 95.7 cm³/mol. The minimum atomic E-state index is -1.04. The Morgan fingerprint density at radius 1 is 0.720 bits per heavy atom. The van der Waals surface area contributed by atoms with Crippen LogP contribution in [0.1, 0.15) is 28.4 Å². The molecule has 126 valence electrons. The van der Waals surface area contributed by atoms with Crippen LogP contribution in [0.15, 0.2) is 72.8 Å². The first-order valence-corrected chi connectivity index (χ1v) is 8.03. The highest BCUT2D eigenvalue weighted by Gasteiger charge is 2.09. The van der Waals surface area contributed by atoms with Crippen molar-refractivity contribution in [3.8, 4) is 0 Å². The van der Waals surface area contributed by atoms with Gasteiger partial charge in [-0.3, -0.25) is 0 Å². The van der Waals surface area contributed by atoms with Crippen LogP contribution in [0.25, 0.3) is 12.2 Å². The maximum Gasteiger partial charge on any atom is 0.159 e. The average Bonchev–Trinajstić information content (AvgIpc) is 2.64. The third kappa shape index (κ3) is 4.60. The second kappa shape index (κ2) is 7.84. The molecule has 3 aromatic rings. The first kappa shape index (κ1) is 17.0. The van der Waals surface area contributed by atoms with Gasteiger partial charge in [0.1, 0.15) is 6.17 Å². The van der Waals surface area contributed by atoms with Gasteiger partial charge in [0.05, 0.1) is 0 Å². The summed E-state index contributed by atoms with van der Waals surface area (Å²) in [6.07, 6.45) is 2.79. The smallest absolute Gasteiger partial charge is 0.159 e. The molecule has 0 aromatic heterocycles. The number of rotatable bonds is 5. The number of benzene rings is 3. The molecule has 0 bridgehead atoms. The fourth-order valence-corrected chi connectivity index (χ4v) is 2.56. The Bertz CT molecular complexity index is 852. The largest absolute Gasteiger partial charge is 0.242 e. The Morgan fingerprint density at radius 2 is 1.36 bits per heavy atom. The summed E-state index contributed by atoms with van der Waals surface area (Å²) in [5.74, 6) is -1.73. The van der Waals surface area contributed by atoms with Gasteiger partial charge in [0.25, 0.3) is 0 Å². The molecule has 0 aliphatic carbocycles. The monoisotopic (exact) mass is 338 g/mol. The molecule has 0 nitrogen and oxygen atoms in total. The summed E-state index contributed by atoms with van der Waals surface area (Å²) in [6, 6.07) is 20.3. The third-order valence-electron chi connectivity index (χ3n) is 3.97. The Balaban J connectivity index is 1.65. The summed E-state index contributed by atoms with van der Waals surface area (Å²) in [5, 5.41) is 0. The molecule has 3 rings (SSSR count). The zero-order valence-electron chi connectivity index (χ0n) is 13.5. The molecule has 0 aliphatic rings. The Labute approximate surface area is 145 Å². The van der Waals surface area contributed by atoms with Crippen molar-refractivity contribution in [2.75, 3.05) is 0 Å². The van der Waals surface area contributed by atoms with E-state index >= 15 is 0 Å². The lowest BCUT2D eigenvalue weighted by Crippen LogP contribution is -1.96. The zero-order chi connectivity index (χ0) is 17.6. The molecular formula is C22H17F3. The third-order valence-corrected chi connectivity index (χ3v) is 3.97. The molecule has 0 saturated heterocycles. The SMILES string of the molecule is Fc1ccc(C=Cc2ccc(C[C@H](F)c3ccccc3)cc2)cc1F. The van der Waals surface area contributed by atoms with E-state index in [4.69, 9.17) is 0 Å². The van der Waals surface area contributed by atoms with E-state index in [1.165, 1.54) is 6.07 Å². The van der Waals surface area contributed by atoms with Gasteiger partial charge < -0.3 is 0 Å². The van der Waals surface area contributed by atoms with E-state index in [1.807, 2.05) is 42.5 Å². The van der Waals surface area contributed by atoms with Crippen LogP contribution in [0.2, 0.25) is 0 Å². The van der Waals surface area contributed by atoms with E-state index in [0.717, 1.165) is 23.3 Å². The highest BCUT2D eigenvalue weighted by atomic mass is 19.2. The van der Waals surface area contributed by atoms with Gasteiger partial charge in [0.2, 0.25) is 0 Å². The van der Waals surface area contributed by atoms with Gasteiger partial charge in [-0.05, 0) is 34.4 Å². The van der Waals surface area contributed by atoms with Crippen molar-refractivity contribution in [2.24, 2.45) is 0 Å². The van der Waals surface area contributed by atoms with Crippen LogP contribution in [-0.4, -0.2) is 0 Å². The van der Waals surface area contributed by atoms with Crippen LogP contribution in [0.3, 0.4) is 0 Å². The molecule has 1 atom stereocenters. The van der Waals surface area contributed by atoms with Gasteiger partial charge in [-0.15, -0.1) is 0 Å². The minimum Gasteiger partial charge on any atom is -0.242 e. The van der Waals surface area contributed by atoms with Gasteiger partial charge in [0.15, 0.2) is 11.6 Å². The van der Waals surface area contributed by atoms with Crippen molar-refractivity contribution >= 4 is 12.2 Å². The summed E-state index contributed by atoms with van der Waals surface area (Å²) in [7, 11) is 0. The van der Waals surface area contributed by atoms with Crippen LogP contribution in [-0.2, 0) is 6.42 Å². The fourth-order valence-electron chi connectivity index (χ4n) is 2.56. The molecule has 0 N–H and O–H groups in total. The molecule has 3 heteroatoms. The van der Waals surface area contributed by atoms with E-state index < -0.39 is 17.8 Å². The second-order valence-corrected chi connectivity index (χ2v) is 5.83. The van der Waals surface area contributed by atoms with E-state index in [2.05, 4.69) is 0 Å². The first-order valence-electron chi connectivity index (χ1n) is 8.03. The van der Waals surface area contributed by atoms with E-state index in [-0.39, 0.29) is 0 Å². The number of halogens is 3. The van der Waals surface area contributed by atoms with Crippen molar-refractivity contribution in [3.05, 3.63) is 107 Å². The zero-order valence-corrected chi connectivity index (χ0v) is 13.5. The van der Waals surface area contributed by atoms with Crippen LogP contribution in [0, 0.1) is 11.6 Å². The summed E-state index contributed by atoms with van der Waals surface area (Å²) in [5.41, 5.74) is 3.06. The topological polar surface area (TPSA) is 0 Å². The van der Waals surface area contributed by atoms with Crippen molar-refractivity contribution < 1.29 is 13.2 Å². The summed E-state index contributed by atoms with van der Waals surface area (Å²) >= 11 is 0. The molecule has 0 amide bonds. The molecule has 0 spiro atoms. The molecule has 0 unspecified atom stereocenters. The number of alkyl halides is 1. The maximum absolute atomic E-state index is 14.3. The summed E-state index contributed by atoms with van der Waals surface area (Å²) < 4.78 is 40.4. The lowest BCUT2D eigenvalue weighted by molar-refractivity contribution is 0.342. The van der Waals surface area contributed by atoms with Gasteiger partial charge in [-0.25, -0.2) is 13.2 Å². The second-order valence-electron chi connectivity index (χ2n) is 5.83. The summed E-state index contributed by atoms with van der Waals surface area (Å²) in [6.45, 7) is 0. The van der Waals surface area contributed by atoms with Gasteiger partial charge in [-0.1, -0.05) is 72.8 Å². The number of hydrogen-bond acceptors (Lipinski definition) is 0. The molecule has 0 heterocycles. The van der Waals surface area contributed by atoms with Crippen LogP contribution in [0.5, 0.6) is 0 Å². The molecule has 0 saturated carbocycles. The van der Waals surface area contributed by atoms with Crippen LogP contribution < -0.4 is 0 Å². The van der Waals surface area contributed by atoms with Crippen LogP contribution >= 0.6 is 0 Å². The molecule has 25 heavy (non-hydrogen) atoms. The van der Waals surface area contributed by atoms with Crippen molar-refractivity contribution in [1.29, 1.82) is 0 Å².